The summed E-state index contributed by atoms with van der Waals surface area (Å²) in [5.74, 6) is -2.57. The average Bonchev–Trinajstić information content (AvgIpc) is 2.39. The summed E-state index contributed by atoms with van der Waals surface area (Å²) < 4.78 is 27.2. The first-order valence-corrected chi connectivity index (χ1v) is 7.64. The van der Waals surface area contributed by atoms with Crippen molar-refractivity contribution in [2.75, 3.05) is 5.73 Å². The summed E-state index contributed by atoms with van der Waals surface area (Å²) in [5, 5.41) is 0.167. The molecule has 0 saturated heterocycles. The quantitative estimate of drug-likeness (QED) is 0.818. The van der Waals surface area contributed by atoms with Gasteiger partial charge in [0.05, 0.1) is 10.3 Å². The van der Waals surface area contributed by atoms with E-state index in [1.54, 1.807) is 20.8 Å². The second kappa shape index (κ2) is 5.22. The summed E-state index contributed by atoms with van der Waals surface area (Å²) in [6, 6.07) is 2.27. The molecule has 1 aliphatic rings. The highest BCUT2D eigenvalue weighted by molar-refractivity contribution is 8.15. The number of carbonyl (C=O) groups is 1. The molecule has 0 aliphatic carbocycles. The van der Waals surface area contributed by atoms with Gasteiger partial charge in [0.25, 0.3) is 0 Å². The van der Waals surface area contributed by atoms with Crippen molar-refractivity contribution in [2.45, 2.75) is 38.0 Å². The number of amidine groups is 1. The molecule has 0 aromatic heterocycles. The molecule has 0 bridgehead atoms. The number of hydrogen-bond acceptors (Lipinski definition) is 5. The van der Waals surface area contributed by atoms with Crippen LogP contribution in [0.5, 0.6) is 0 Å². The van der Waals surface area contributed by atoms with Crippen LogP contribution in [0.25, 0.3) is 0 Å². The molecule has 0 saturated carbocycles. The molecule has 1 aromatic rings. The number of benzene rings is 1. The van der Waals surface area contributed by atoms with E-state index in [1.165, 1.54) is 13.0 Å². The molecule has 0 amide bonds. The van der Waals surface area contributed by atoms with Crippen LogP contribution in [-0.4, -0.2) is 15.7 Å². The van der Waals surface area contributed by atoms with E-state index in [0.717, 1.165) is 17.8 Å². The predicted molar refractivity (Wildman–Crippen MR) is 85.6 cm³/mol. The third-order valence-electron chi connectivity index (χ3n) is 4.62. The number of carbonyl (C=O) groups excluding carboxylic acids is 1. The van der Waals surface area contributed by atoms with E-state index >= 15 is 0 Å². The molecule has 0 fully saturated rings. The van der Waals surface area contributed by atoms with Crippen molar-refractivity contribution < 1.29 is 13.6 Å². The smallest absolute Gasteiger partial charge is 0.164 e. The van der Waals surface area contributed by atoms with Crippen LogP contribution in [0.2, 0.25) is 0 Å². The van der Waals surface area contributed by atoms with Gasteiger partial charge in [-0.3, -0.25) is 9.79 Å². The number of rotatable bonds is 2. The molecular weight excluding hydrogens is 308 g/mol. The Morgan fingerprint density at radius 2 is 1.91 bits per heavy atom. The van der Waals surface area contributed by atoms with Crippen LogP contribution in [0, 0.1) is 17.6 Å². The van der Waals surface area contributed by atoms with Crippen LogP contribution in [0.15, 0.2) is 17.1 Å². The molecule has 1 unspecified atom stereocenters. The summed E-state index contributed by atoms with van der Waals surface area (Å²) in [5.41, 5.74) is 10.4. The summed E-state index contributed by atoms with van der Waals surface area (Å²) in [7, 11) is 0. The van der Waals surface area contributed by atoms with E-state index in [4.69, 9.17) is 11.5 Å². The van der Waals surface area contributed by atoms with Crippen molar-refractivity contribution in [1.82, 2.24) is 0 Å². The number of thioether (sulfide) groups is 1. The molecular formula is C15H19F2N3OS. The molecule has 4 N–H and O–H groups in total. The molecule has 0 radical (unpaired) electrons. The van der Waals surface area contributed by atoms with E-state index in [2.05, 4.69) is 4.99 Å². The Labute approximate surface area is 132 Å². The zero-order valence-electron chi connectivity index (χ0n) is 12.9. The van der Waals surface area contributed by atoms with Gasteiger partial charge >= 0.3 is 0 Å². The van der Waals surface area contributed by atoms with Crippen LogP contribution in [0.1, 0.15) is 33.3 Å². The second-order valence-corrected chi connectivity index (χ2v) is 7.42. The molecule has 1 aromatic carbocycles. The van der Waals surface area contributed by atoms with Gasteiger partial charge < -0.3 is 11.5 Å². The highest BCUT2D eigenvalue weighted by Crippen LogP contribution is 2.50. The molecule has 7 heteroatoms. The molecule has 22 heavy (non-hydrogen) atoms. The number of halogens is 2. The van der Waals surface area contributed by atoms with Crippen molar-refractivity contribution in [3.05, 3.63) is 29.3 Å². The lowest BCUT2D eigenvalue weighted by molar-refractivity contribution is -0.120. The first-order chi connectivity index (χ1) is 10.0. The summed E-state index contributed by atoms with van der Waals surface area (Å²) in [6.07, 6.45) is 0. The first kappa shape index (κ1) is 16.7. The fourth-order valence-electron chi connectivity index (χ4n) is 2.84. The highest BCUT2D eigenvalue weighted by Gasteiger charge is 2.52. The van der Waals surface area contributed by atoms with Crippen LogP contribution in [-0.2, 0) is 10.3 Å². The van der Waals surface area contributed by atoms with Gasteiger partial charge in [-0.15, -0.1) is 0 Å². The van der Waals surface area contributed by atoms with Gasteiger partial charge in [0.2, 0.25) is 0 Å². The Bertz CT molecular complexity index is 679. The van der Waals surface area contributed by atoms with Gasteiger partial charge in [-0.05, 0) is 32.9 Å². The van der Waals surface area contributed by atoms with Crippen molar-refractivity contribution in [2.24, 2.45) is 16.6 Å². The number of nitrogen functional groups attached to an aromatic ring is 1. The molecule has 1 heterocycles. The summed E-state index contributed by atoms with van der Waals surface area (Å²) >= 11 is 1.15. The van der Waals surface area contributed by atoms with Gasteiger partial charge in [-0.1, -0.05) is 18.7 Å². The Morgan fingerprint density at radius 1 is 1.32 bits per heavy atom. The predicted octanol–water partition coefficient (Wildman–Crippen LogP) is 2.81. The summed E-state index contributed by atoms with van der Waals surface area (Å²) in [6.45, 7) is 6.62. The van der Waals surface area contributed by atoms with Crippen molar-refractivity contribution >= 4 is 28.4 Å². The minimum Gasteiger partial charge on any atom is -0.399 e. The van der Waals surface area contributed by atoms with Gasteiger partial charge in [-0.25, -0.2) is 8.78 Å². The lowest BCUT2D eigenvalue weighted by Crippen LogP contribution is -2.52. The van der Waals surface area contributed by atoms with Gasteiger partial charge in [0.1, 0.15) is 5.78 Å². The average molecular weight is 327 g/mol. The van der Waals surface area contributed by atoms with Crippen LogP contribution < -0.4 is 11.5 Å². The van der Waals surface area contributed by atoms with E-state index in [9.17, 15) is 13.6 Å². The van der Waals surface area contributed by atoms with Crippen molar-refractivity contribution in [3.8, 4) is 0 Å². The van der Waals surface area contributed by atoms with Gasteiger partial charge in [0.15, 0.2) is 16.8 Å². The molecule has 4 nitrogen and oxygen atoms in total. The summed E-state index contributed by atoms with van der Waals surface area (Å²) in [4.78, 5) is 16.4. The second-order valence-electron chi connectivity index (χ2n) is 5.95. The first-order valence-electron chi connectivity index (χ1n) is 6.82. The molecule has 120 valence electrons. The topological polar surface area (TPSA) is 81.5 Å². The van der Waals surface area contributed by atoms with Crippen molar-refractivity contribution in [3.63, 3.8) is 0 Å². The fourth-order valence-corrected chi connectivity index (χ4v) is 4.06. The number of anilines is 1. The standard InChI is InChI=1S/C15H19F2N3OS/c1-7-14(3,10-5-9(18)6-11(16)12(10)17)20-13(19)22-15(7,4)8(2)21/h5-7H,18H2,1-4H3,(H2,19,20)/t7?,14-,15-/m0/s1. The number of Topliss-reactive ketones (excluding diaryl/α,β-unsaturated/α-hetero) is 1. The highest BCUT2D eigenvalue weighted by atomic mass is 32.2. The minimum atomic E-state index is -1.18. The molecule has 3 atom stereocenters. The van der Waals surface area contributed by atoms with E-state index in [1.807, 2.05) is 0 Å². The van der Waals surface area contributed by atoms with Crippen LogP contribution in [0.4, 0.5) is 14.5 Å². The lowest BCUT2D eigenvalue weighted by Gasteiger charge is -2.46. The number of nitrogens with two attached hydrogens (primary N) is 2. The monoisotopic (exact) mass is 327 g/mol. The Morgan fingerprint density at radius 3 is 2.45 bits per heavy atom. The van der Waals surface area contributed by atoms with Crippen molar-refractivity contribution in [1.29, 1.82) is 0 Å². The van der Waals surface area contributed by atoms with Gasteiger partial charge in [-0.2, -0.15) is 0 Å². The Balaban J connectivity index is 2.72. The molecule has 1 aliphatic heterocycles. The number of aliphatic imine (C=N–C) groups is 1. The normalized spacial score (nSPS) is 31.7. The third kappa shape index (κ3) is 2.37. The van der Waals surface area contributed by atoms with E-state index in [0.29, 0.717) is 0 Å². The SMILES string of the molecule is CC(=O)[C@@]1(C)SC(N)=N[C@](C)(c2cc(N)cc(F)c2F)C1C. The number of nitrogens with zero attached hydrogens (tertiary/aromatic N) is 1. The minimum absolute atomic E-state index is 0.00762. The van der Waals surface area contributed by atoms with Crippen LogP contribution in [0.3, 0.4) is 0 Å². The molecule has 2 rings (SSSR count). The fraction of sp³-hybridized carbons (Fsp3) is 0.467. The Hall–Kier alpha value is -1.63. The maximum Gasteiger partial charge on any atom is 0.164 e. The lowest BCUT2D eigenvalue weighted by atomic mass is 9.72. The zero-order valence-corrected chi connectivity index (χ0v) is 13.7. The van der Waals surface area contributed by atoms with E-state index < -0.39 is 27.8 Å². The van der Waals surface area contributed by atoms with Crippen LogP contribution >= 0.6 is 11.8 Å². The largest absolute Gasteiger partial charge is 0.399 e. The number of hydrogen-bond donors (Lipinski definition) is 2. The maximum absolute atomic E-state index is 14.3. The Kier molecular flexibility index (Phi) is 3.97. The molecule has 0 spiro atoms. The zero-order chi connectivity index (χ0) is 16.9. The number of ketones is 1. The van der Waals surface area contributed by atoms with Gasteiger partial charge in [0, 0.05) is 17.2 Å². The third-order valence-corrected chi connectivity index (χ3v) is 5.99. The maximum atomic E-state index is 14.3. The van der Waals surface area contributed by atoms with E-state index in [-0.39, 0.29) is 22.2 Å².